The second-order valence-electron chi connectivity index (χ2n) is 4.77. The summed E-state index contributed by atoms with van der Waals surface area (Å²) in [5, 5.41) is 13.3. The Morgan fingerprint density at radius 3 is 2.95 bits per heavy atom. The van der Waals surface area contributed by atoms with Gasteiger partial charge in [0.25, 0.3) is 5.91 Å². The maximum absolute atomic E-state index is 12.1. The summed E-state index contributed by atoms with van der Waals surface area (Å²) in [7, 11) is 1.96. The van der Waals surface area contributed by atoms with Crippen LogP contribution < -0.4 is 5.32 Å². The lowest BCUT2D eigenvalue weighted by atomic mass is 10.1. The van der Waals surface area contributed by atoms with E-state index in [0.717, 1.165) is 10.9 Å². The van der Waals surface area contributed by atoms with Crippen molar-refractivity contribution in [2.45, 2.75) is 25.9 Å². The highest BCUT2D eigenvalue weighted by molar-refractivity contribution is 6.06. The number of carbonyl (C=O) groups is 1. The van der Waals surface area contributed by atoms with Gasteiger partial charge in [0, 0.05) is 36.3 Å². The molecule has 0 fully saturated rings. The van der Waals surface area contributed by atoms with Gasteiger partial charge in [-0.25, -0.2) is 0 Å². The van der Waals surface area contributed by atoms with E-state index in [1.54, 1.807) is 0 Å². The van der Waals surface area contributed by atoms with E-state index in [4.69, 9.17) is 0 Å². The Kier molecular flexibility index (Phi) is 4.22. The van der Waals surface area contributed by atoms with E-state index in [2.05, 4.69) is 5.32 Å². The lowest BCUT2D eigenvalue weighted by Gasteiger charge is -2.09. The number of aliphatic hydroxyl groups excluding tert-OH is 1. The number of aromatic nitrogens is 1. The third kappa shape index (κ3) is 2.96. The molecular weight excluding hydrogens is 240 g/mol. The number of aliphatic hydroxyl groups is 1. The Balaban J connectivity index is 2.09. The number of carbonyl (C=O) groups excluding carboxylic acids is 1. The summed E-state index contributed by atoms with van der Waals surface area (Å²) < 4.78 is 1.99. The number of nitrogens with zero attached hydrogens (tertiary/aromatic N) is 1. The average Bonchev–Trinajstić information content (AvgIpc) is 2.80. The monoisotopic (exact) mass is 260 g/mol. The van der Waals surface area contributed by atoms with Crippen LogP contribution in [0, 0.1) is 0 Å². The fraction of sp³-hybridized carbons (Fsp3) is 0.400. The number of hydrogen-bond donors (Lipinski definition) is 2. The van der Waals surface area contributed by atoms with Crippen LogP contribution in [0.3, 0.4) is 0 Å². The van der Waals surface area contributed by atoms with Crippen LogP contribution in [0.2, 0.25) is 0 Å². The first kappa shape index (κ1) is 13.6. The van der Waals surface area contributed by atoms with Crippen LogP contribution in [0.5, 0.6) is 0 Å². The Labute approximate surface area is 113 Å². The molecule has 1 aromatic heterocycles. The standard InChI is InChI=1S/C15H20N2O2/c1-3-11(18)7-9-16-15(19)13-5-4-6-14-12(13)8-10-17(14)2/h4-6,8,10-11,18H,3,7,9H2,1-2H3,(H,16,19). The molecule has 0 aliphatic rings. The molecule has 0 saturated carbocycles. The second-order valence-corrected chi connectivity index (χ2v) is 4.77. The van der Waals surface area contributed by atoms with E-state index in [9.17, 15) is 9.90 Å². The maximum Gasteiger partial charge on any atom is 0.251 e. The van der Waals surface area contributed by atoms with E-state index < -0.39 is 0 Å². The van der Waals surface area contributed by atoms with Crippen molar-refractivity contribution in [3.8, 4) is 0 Å². The summed E-state index contributed by atoms with van der Waals surface area (Å²) in [6.45, 7) is 2.42. The van der Waals surface area contributed by atoms with Crippen LogP contribution in [-0.4, -0.2) is 28.2 Å². The molecule has 2 N–H and O–H groups in total. The van der Waals surface area contributed by atoms with Gasteiger partial charge < -0.3 is 15.0 Å². The van der Waals surface area contributed by atoms with E-state index in [1.165, 1.54) is 0 Å². The molecule has 1 amide bonds. The lowest BCUT2D eigenvalue weighted by molar-refractivity contribution is 0.0943. The molecule has 19 heavy (non-hydrogen) atoms. The summed E-state index contributed by atoms with van der Waals surface area (Å²) in [4.78, 5) is 12.1. The summed E-state index contributed by atoms with van der Waals surface area (Å²) in [6, 6.07) is 7.66. The number of benzene rings is 1. The van der Waals surface area contributed by atoms with Gasteiger partial charge in [-0.2, -0.15) is 0 Å². The van der Waals surface area contributed by atoms with Crippen molar-refractivity contribution < 1.29 is 9.90 Å². The Hall–Kier alpha value is -1.81. The molecule has 0 aliphatic heterocycles. The molecule has 2 rings (SSSR count). The molecule has 1 heterocycles. The summed E-state index contributed by atoms with van der Waals surface area (Å²) >= 11 is 0. The maximum atomic E-state index is 12.1. The SMILES string of the molecule is CCC(O)CCNC(=O)c1cccc2c1ccn2C. The number of amides is 1. The zero-order valence-corrected chi connectivity index (χ0v) is 11.4. The fourth-order valence-corrected chi connectivity index (χ4v) is 2.15. The number of aryl methyl sites for hydroxylation is 1. The van der Waals surface area contributed by atoms with Gasteiger partial charge in [-0.1, -0.05) is 13.0 Å². The Morgan fingerprint density at radius 2 is 2.21 bits per heavy atom. The summed E-state index contributed by atoms with van der Waals surface area (Å²) in [6.07, 6.45) is 2.91. The molecule has 1 unspecified atom stereocenters. The first-order valence-electron chi connectivity index (χ1n) is 6.63. The molecule has 0 saturated heterocycles. The first-order chi connectivity index (χ1) is 9.13. The predicted molar refractivity (Wildman–Crippen MR) is 76.2 cm³/mol. The van der Waals surface area contributed by atoms with E-state index in [0.29, 0.717) is 24.9 Å². The van der Waals surface area contributed by atoms with Gasteiger partial charge in [-0.15, -0.1) is 0 Å². The molecule has 0 bridgehead atoms. The fourth-order valence-electron chi connectivity index (χ4n) is 2.15. The Bertz CT molecular complexity index is 575. The van der Waals surface area contributed by atoms with Crippen molar-refractivity contribution in [1.29, 1.82) is 0 Å². The highest BCUT2D eigenvalue weighted by atomic mass is 16.3. The number of fused-ring (bicyclic) bond motifs is 1. The minimum Gasteiger partial charge on any atom is -0.393 e. The van der Waals surface area contributed by atoms with Crippen molar-refractivity contribution in [2.24, 2.45) is 7.05 Å². The summed E-state index contributed by atoms with van der Waals surface area (Å²) in [5.74, 6) is -0.0832. The van der Waals surface area contributed by atoms with Crippen molar-refractivity contribution in [3.05, 3.63) is 36.0 Å². The van der Waals surface area contributed by atoms with Gasteiger partial charge in [-0.05, 0) is 31.0 Å². The molecule has 0 aliphatic carbocycles. The third-order valence-electron chi connectivity index (χ3n) is 3.41. The van der Waals surface area contributed by atoms with Gasteiger partial charge in [0.2, 0.25) is 0 Å². The minimum atomic E-state index is -0.340. The van der Waals surface area contributed by atoms with Gasteiger partial charge in [0.15, 0.2) is 0 Å². The molecule has 4 nitrogen and oxygen atoms in total. The Morgan fingerprint density at radius 1 is 1.42 bits per heavy atom. The van der Waals surface area contributed by atoms with Crippen LogP contribution in [0.4, 0.5) is 0 Å². The molecule has 1 atom stereocenters. The zero-order valence-electron chi connectivity index (χ0n) is 11.4. The highest BCUT2D eigenvalue weighted by Gasteiger charge is 2.11. The van der Waals surface area contributed by atoms with Crippen LogP contribution in [-0.2, 0) is 7.05 Å². The lowest BCUT2D eigenvalue weighted by Crippen LogP contribution is -2.27. The van der Waals surface area contributed by atoms with Crippen LogP contribution in [0.25, 0.3) is 10.9 Å². The average molecular weight is 260 g/mol. The molecule has 2 aromatic rings. The number of nitrogens with one attached hydrogen (secondary N) is 1. The summed E-state index contributed by atoms with van der Waals surface area (Å²) in [5.41, 5.74) is 1.73. The third-order valence-corrected chi connectivity index (χ3v) is 3.41. The van der Waals surface area contributed by atoms with Crippen molar-refractivity contribution >= 4 is 16.8 Å². The normalized spacial score (nSPS) is 12.6. The number of rotatable bonds is 5. The van der Waals surface area contributed by atoms with Gasteiger partial charge in [0.05, 0.1) is 6.10 Å². The van der Waals surface area contributed by atoms with Crippen molar-refractivity contribution in [3.63, 3.8) is 0 Å². The van der Waals surface area contributed by atoms with Crippen LogP contribution in [0.15, 0.2) is 30.5 Å². The minimum absolute atomic E-state index is 0.0832. The van der Waals surface area contributed by atoms with E-state index >= 15 is 0 Å². The molecule has 102 valence electrons. The predicted octanol–water partition coefficient (Wildman–Crippen LogP) is 2.07. The zero-order chi connectivity index (χ0) is 13.8. The largest absolute Gasteiger partial charge is 0.393 e. The highest BCUT2D eigenvalue weighted by Crippen LogP contribution is 2.19. The van der Waals surface area contributed by atoms with Crippen LogP contribution in [0.1, 0.15) is 30.1 Å². The van der Waals surface area contributed by atoms with Gasteiger partial charge in [0.1, 0.15) is 0 Å². The van der Waals surface area contributed by atoms with Crippen LogP contribution >= 0.6 is 0 Å². The molecule has 0 spiro atoms. The molecule has 4 heteroatoms. The molecular formula is C15H20N2O2. The molecule has 0 radical (unpaired) electrons. The first-order valence-corrected chi connectivity index (χ1v) is 6.63. The van der Waals surface area contributed by atoms with E-state index in [1.807, 2.05) is 49.0 Å². The van der Waals surface area contributed by atoms with Crippen molar-refractivity contribution in [1.82, 2.24) is 9.88 Å². The number of hydrogen-bond acceptors (Lipinski definition) is 2. The van der Waals surface area contributed by atoms with Gasteiger partial charge >= 0.3 is 0 Å². The molecule has 1 aromatic carbocycles. The van der Waals surface area contributed by atoms with Crippen molar-refractivity contribution in [2.75, 3.05) is 6.54 Å². The quantitative estimate of drug-likeness (QED) is 0.864. The topological polar surface area (TPSA) is 54.3 Å². The van der Waals surface area contributed by atoms with E-state index in [-0.39, 0.29) is 12.0 Å². The van der Waals surface area contributed by atoms with Gasteiger partial charge in [-0.3, -0.25) is 4.79 Å². The smallest absolute Gasteiger partial charge is 0.251 e. The second kappa shape index (κ2) is 5.89.